The molecule has 0 atom stereocenters. The van der Waals surface area contributed by atoms with Crippen LogP contribution in [0.15, 0.2) is 48.5 Å². The molecule has 4 heteroatoms. The Hall–Kier alpha value is -2.31. The van der Waals surface area contributed by atoms with Gasteiger partial charge in [0.15, 0.2) is 0 Å². The third-order valence-electron chi connectivity index (χ3n) is 2.30. The average Bonchev–Trinajstić information content (AvgIpc) is 2.40. The molecule has 2 aromatic rings. The van der Waals surface area contributed by atoms with E-state index < -0.39 is 5.24 Å². The van der Waals surface area contributed by atoms with Gasteiger partial charge in [0, 0.05) is 5.56 Å². The number of nitriles is 1. The number of rotatable bonds is 3. The van der Waals surface area contributed by atoms with E-state index in [2.05, 4.69) is 0 Å². The fourth-order valence-corrected chi connectivity index (χ4v) is 1.56. The lowest BCUT2D eigenvalue weighted by molar-refractivity contribution is 0.108. The quantitative estimate of drug-likeness (QED) is 0.787. The SMILES string of the molecule is N#Cc1cc(C(=O)Cl)ccc1Oc1ccccc1. The van der Waals surface area contributed by atoms with E-state index in [4.69, 9.17) is 21.6 Å². The summed E-state index contributed by atoms with van der Waals surface area (Å²) in [5.74, 6) is 1.02. The fraction of sp³-hybridized carbons (Fsp3) is 0. The lowest BCUT2D eigenvalue weighted by Crippen LogP contribution is -1.93. The van der Waals surface area contributed by atoms with E-state index in [1.807, 2.05) is 24.3 Å². The minimum absolute atomic E-state index is 0.269. The first-order chi connectivity index (χ1) is 8.70. The normalized spacial score (nSPS) is 9.56. The van der Waals surface area contributed by atoms with Crippen molar-refractivity contribution in [1.82, 2.24) is 0 Å². The fourth-order valence-electron chi connectivity index (χ4n) is 1.44. The Kier molecular flexibility index (Phi) is 3.61. The second-order valence-electron chi connectivity index (χ2n) is 3.51. The molecule has 0 saturated carbocycles. The van der Waals surface area contributed by atoms with Gasteiger partial charge in [-0.25, -0.2) is 0 Å². The number of carbonyl (C=O) groups excluding carboxylic acids is 1. The van der Waals surface area contributed by atoms with Crippen molar-refractivity contribution in [2.45, 2.75) is 0 Å². The van der Waals surface area contributed by atoms with Crippen LogP contribution in [0.5, 0.6) is 11.5 Å². The Labute approximate surface area is 109 Å². The van der Waals surface area contributed by atoms with Gasteiger partial charge in [-0.1, -0.05) is 18.2 Å². The number of hydrogen-bond acceptors (Lipinski definition) is 3. The van der Waals surface area contributed by atoms with E-state index in [9.17, 15) is 4.79 Å². The molecule has 0 fully saturated rings. The number of hydrogen-bond donors (Lipinski definition) is 0. The summed E-state index contributed by atoms with van der Waals surface area (Å²) in [5, 5.41) is 8.42. The first-order valence-electron chi connectivity index (χ1n) is 5.17. The number of benzene rings is 2. The van der Waals surface area contributed by atoms with Gasteiger partial charge in [0.2, 0.25) is 0 Å². The molecule has 18 heavy (non-hydrogen) atoms. The van der Waals surface area contributed by atoms with Gasteiger partial charge in [-0.3, -0.25) is 4.79 Å². The van der Waals surface area contributed by atoms with E-state index in [0.29, 0.717) is 11.5 Å². The molecule has 0 aliphatic heterocycles. The van der Waals surface area contributed by atoms with Gasteiger partial charge in [0.25, 0.3) is 5.24 Å². The molecule has 0 N–H and O–H groups in total. The molecule has 0 saturated heterocycles. The summed E-state index contributed by atoms with van der Waals surface area (Å²) in [7, 11) is 0. The van der Waals surface area contributed by atoms with Crippen LogP contribution >= 0.6 is 11.6 Å². The van der Waals surface area contributed by atoms with E-state index >= 15 is 0 Å². The summed E-state index contributed by atoms with van der Waals surface area (Å²) >= 11 is 5.36. The molecule has 0 amide bonds. The third kappa shape index (κ3) is 2.68. The molecule has 0 aromatic heterocycles. The molecular weight excluding hydrogens is 250 g/mol. The summed E-state index contributed by atoms with van der Waals surface area (Å²) in [4.78, 5) is 11.0. The van der Waals surface area contributed by atoms with Crippen LogP contribution in [0.25, 0.3) is 0 Å². The van der Waals surface area contributed by atoms with E-state index in [1.54, 1.807) is 18.2 Å². The predicted molar refractivity (Wildman–Crippen MR) is 67.9 cm³/mol. The van der Waals surface area contributed by atoms with Crippen molar-refractivity contribution in [2.75, 3.05) is 0 Å². The monoisotopic (exact) mass is 257 g/mol. The maximum absolute atomic E-state index is 11.0. The topological polar surface area (TPSA) is 50.1 Å². The molecule has 0 bridgehead atoms. The van der Waals surface area contributed by atoms with Gasteiger partial charge in [0.05, 0.1) is 5.56 Å². The molecule has 3 nitrogen and oxygen atoms in total. The molecule has 0 aliphatic rings. The summed E-state index contributed by atoms with van der Waals surface area (Å²) in [6.07, 6.45) is 0. The highest BCUT2D eigenvalue weighted by Crippen LogP contribution is 2.26. The zero-order chi connectivity index (χ0) is 13.0. The zero-order valence-electron chi connectivity index (χ0n) is 9.26. The summed E-state index contributed by atoms with van der Waals surface area (Å²) in [6.45, 7) is 0. The molecule has 0 unspecified atom stereocenters. The van der Waals surface area contributed by atoms with Gasteiger partial charge >= 0.3 is 0 Å². The van der Waals surface area contributed by atoms with Crippen LogP contribution in [-0.2, 0) is 0 Å². The molecule has 0 radical (unpaired) electrons. The highest BCUT2D eigenvalue weighted by atomic mass is 35.5. The summed E-state index contributed by atoms with van der Waals surface area (Å²) in [5.41, 5.74) is 0.541. The standard InChI is InChI=1S/C14H8ClNO2/c15-14(17)10-6-7-13(11(8-10)9-16)18-12-4-2-1-3-5-12/h1-8H. The molecule has 0 spiro atoms. The van der Waals surface area contributed by atoms with Crippen molar-refractivity contribution in [3.8, 4) is 17.6 Å². The Morgan fingerprint density at radius 3 is 2.50 bits per heavy atom. The first kappa shape index (κ1) is 12.2. The highest BCUT2D eigenvalue weighted by Gasteiger charge is 2.09. The van der Waals surface area contributed by atoms with Crippen molar-refractivity contribution in [3.63, 3.8) is 0 Å². The van der Waals surface area contributed by atoms with Crippen LogP contribution in [-0.4, -0.2) is 5.24 Å². The Morgan fingerprint density at radius 1 is 1.17 bits per heavy atom. The maximum Gasteiger partial charge on any atom is 0.252 e. The molecule has 0 aliphatic carbocycles. The Bertz CT molecular complexity index is 617. The van der Waals surface area contributed by atoms with Crippen molar-refractivity contribution in [3.05, 3.63) is 59.7 Å². The molecule has 2 aromatic carbocycles. The van der Waals surface area contributed by atoms with E-state index in [1.165, 1.54) is 12.1 Å². The third-order valence-corrected chi connectivity index (χ3v) is 2.52. The number of para-hydroxylation sites is 1. The second-order valence-corrected chi connectivity index (χ2v) is 3.85. The molecule has 0 heterocycles. The summed E-state index contributed by atoms with van der Waals surface area (Å²) < 4.78 is 5.56. The van der Waals surface area contributed by atoms with Crippen LogP contribution in [0.4, 0.5) is 0 Å². The van der Waals surface area contributed by atoms with E-state index in [-0.39, 0.29) is 11.1 Å². The highest BCUT2D eigenvalue weighted by molar-refractivity contribution is 6.67. The van der Waals surface area contributed by atoms with E-state index in [0.717, 1.165) is 0 Å². The van der Waals surface area contributed by atoms with Crippen LogP contribution in [0.1, 0.15) is 15.9 Å². The van der Waals surface area contributed by atoms with Crippen LogP contribution in [0.3, 0.4) is 0 Å². The van der Waals surface area contributed by atoms with Crippen LogP contribution in [0.2, 0.25) is 0 Å². The Balaban J connectivity index is 2.35. The number of ether oxygens (including phenoxy) is 1. The number of carbonyl (C=O) groups is 1. The van der Waals surface area contributed by atoms with Crippen LogP contribution in [0, 0.1) is 11.3 Å². The second kappa shape index (κ2) is 5.35. The minimum atomic E-state index is -0.599. The van der Waals surface area contributed by atoms with Gasteiger partial charge in [-0.2, -0.15) is 5.26 Å². The molecule has 2 rings (SSSR count). The lowest BCUT2D eigenvalue weighted by atomic mass is 10.1. The lowest BCUT2D eigenvalue weighted by Gasteiger charge is -2.07. The minimum Gasteiger partial charge on any atom is -0.456 e. The van der Waals surface area contributed by atoms with Crippen molar-refractivity contribution < 1.29 is 9.53 Å². The zero-order valence-corrected chi connectivity index (χ0v) is 10.0. The predicted octanol–water partition coefficient (Wildman–Crippen LogP) is 3.73. The van der Waals surface area contributed by atoms with Crippen molar-refractivity contribution in [1.29, 1.82) is 5.26 Å². The van der Waals surface area contributed by atoms with Crippen molar-refractivity contribution >= 4 is 16.8 Å². The molecular formula is C14H8ClNO2. The van der Waals surface area contributed by atoms with Gasteiger partial charge in [-0.05, 0) is 41.9 Å². The summed E-state index contributed by atoms with van der Waals surface area (Å²) in [6, 6.07) is 15.6. The number of nitrogens with zero attached hydrogens (tertiary/aromatic N) is 1. The van der Waals surface area contributed by atoms with Gasteiger partial charge in [-0.15, -0.1) is 0 Å². The molecule has 88 valence electrons. The van der Waals surface area contributed by atoms with Crippen LogP contribution < -0.4 is 4.74 Å². The average molecular weight is 258 g/mol. The van der Waals surface area contributed by atoms with Gasteiger partial charge < -0.3 is 4.74 Å². The Morgan fingerprint density at radius 2 is 1.89 bits per heavy atom. The van der Waals surface area contributed by atoms with Crippen molar-refractivity contribution in [2.24, 2.45) is 0 Å². The number of halogens is 1. The maximum atomic E-state index is 11.0. The smallest absolute Gasteiger partial charge is 0.252 e. The largest absolute Gasteiger partial charge is 0.456 e. The first-order valence-corrected chi connectivity index (χ1v) is 5.55. The van der Waals surface area contributed by atoms with Gasteiger partial charge in [0.1, 0.15) is 17.6 Å².